The van der Waals surface area contributed by atoms with Gasteiger partial charge in [0.25, 0.3) is 11.8 Å². The minimum Gasteiger partial charge on any atom is -0.386 e. The lowest BCUT2D eigenvalue weighted by Crippen LogP contribution is -2.30. The van der Waals surface area contributed by atoms with Gasteiger partial charge in [-0.1, -0.05) is 12.1 Å². The topological polar surface area (TPSA) is 49.4 Å². The van der Waals surface area contributed by atoms with Crippen LogP contribution in [-0.2, 0) is 0 Å². The number of anilines is 2. The molecule has 0 saturated heterocycles. The van der Waals surface area contributed by atoms with Crippen molar-refractivity contribution < 1.29 is 14.0 Å². The van der Waals surface area contributed by atoms with E-state index in [1.165, 1.54) is 18.2 Å². The minimum absolute atomic E-state index is 0.221. The third-order valence-electron chi connectivity index (χ3n) is 3.26. The van der Waals surface area contributed by atoms with Crippen molar-refractivity contribution in [2.75, 3.05) is 17.3 Å². The SMILES string of the molecule is CNc1ccc(F)cc1N1C(=O)c2ccccc2C1=O. The summed E-state index contributed by atoms with van der Waals surface area (Å²) in [6.07, 6.45) is 0. The van der Waals surface area contributed by atoms with E-state index in [9.17, 15) is 14.0 Å². The van der Waals surface area contributed by atoms with Crippen molar-refractivity contribution in [3.05, 3.63) is 59.4 Å². The number of imide groups is 1. The number of halogens is 1. The molecule has 0 aromatic heterocycles. The number of benzene rings is 2. The Bertz CT molecular complexity index is 693. The molecule has 3 rings (SSSR count). The first-order chi connectivity index (χ1) is 9.63. The molecule has 4 nitrogen and oxygen atoms in total. The Balaban J connectivity index is 2.16. The van der Waals surface area contributed by atoms with Gasteiger partial charge in [0.05, 0.1) is 22.5 Å². The molecule has 0 aliphatic carbocycles. The lowest BCUT2D eigenvalue weighted by molar-refractivity contribution is 0.0926. The summed E-state index contributed by atoms with van der Waals surface area (Å²) in [5, 5.41) is 2.85. The lowest BCUT2D eigenvalue weighted by Gasteiger charge is -2.17. The van der Waals surface area contributed by atoms with Gasteiger partial charge in [-0.2, -0.15) is 0 Å². The van der Waals surface area contributed by atoms with Gasteiger partial charge in [0.2, 0.25) is 0 Å². The third-order valence-corrected chi connectivity index (χ3v) is 3.26. The maximum absolute atomic E-state index is 13.4. The zero-order chi connectivity index (χ0) is 14.3. The van der Waals surface area contributed by atoms with E-state index in [0.29, 0.717) is 16.8 Å². The summed E-state index contributed by atoms with van der Waals surface area (Å²) in [6.45, 7) is 0. The van der Waals surface area contributed by atoms with Crippen molar-refractivity contribution in [3.8, 4) is 0 Å². The van der Waals surface area contributed by atoms with E-state index < -0.39 is 17.6 Å². The average molecular weight is 270 g/mol. The van der Waals surface area contributed by atoms with E-state index in [-0.39, 0.29) is 5.69 Å². The van der Waals surface area contributed by atoms with Crippen LogP contribution in [0, 0.1) is 5.82 Å². The number of fused-ring (bicyclic) bond motifs is 1. The largest absolute Gasteiger partial charge is 0.386 e. The van der Waals surface area contributed by atoms with Crippen LogP contribution in [0.5, 0.6) is 0 Å². The molecule has 0 spiro atoms. The van der Waals surface area contributed by atoms with Gasteiger partial charge in [-0.05, 0) is 24.3 Å². The van der Waals surface area contributed by atoms with Crippen LogP contribution in [-0.4, -0.2) is 18.9 Å². The predicted octanol–water partition coefficient (Wildman–Crippen LogP) is 2.67. The number of nitrogens with one attached hydrogen (secondary N) is 1. The summed E-state index contributed by atoms with van der Waals surface area (Å²) < 4.78 is 13.4. The van der Waals surface area contributed by atoms with Gasteiger partial charge in [-0.15, -0.1) is 0 Å². The van der Waals surface area contributed by atoms with Crippen LogP contribution >= 0.6 is 0 Å². The van der Waals surface area contributed by atoms with Gasteiger partial charge in [-0.25, -0.2) is 9.29 Å². The predicted molar refractivity (Wildman–Crippen MR) is 73.5 cm³/mol. The van der Waals surface area contributed by atoms with Crippen LogP contribution in [0.2, 0.25) is 0 Å². The van der Waals surface area contributed by atoms with Crippen molar-refractivity contribution in [3.63, 3.8) is 0 Å². The summed E-state index contributed by atoms with van der Waals surface area (Å²) in [4.78, 5) is 25.7. The fourth-order valence-electron chi connectivity index (χ4n) is 2.31. The molecule has 0 saturated carbocycles. The molecule has 5 heteroatoms. The summed E-state index contributed by atoms with van der Waals surface area (Å²) in [7, 11) is 1.65. The summed E-state index contributed by atoms with van der Waals surface area (Å²) in [6, 6.07) is 10.5. The molecule has 1 aliphatic heterocycles. The number of carbonyl (C=O) groups excluding carboxylic acids is 2. The average Bonchev–Trinajstić information content (AvgIpc) is 2.71. The number of carbonyl (C=O) groups is 2. The molecule has 0 radical (unpaired) electrons. The second-order valence-corrected chi connectivity index (χ2v) is 4.40. The standard InChI is InChI=1S/C15H11FN2O2/c1-17-12-7-6-9(16)8-13(12)18-14(19)10-4-2-3-5-11(10)15(18)20/h2-8,17H,1H3. The number of hydrogen-bond donors (Lipinski definition) is 1. The molecule has 20 heavy (non-hydrogen) atoms. The Morgan fingerprint density at radius 1 is 1.00 bits per heavy atom. The smallest absolute Gasteiger partial charge is 0.266 e. The van der Waals surface area contributed by atoms with Crippen molar-refractivity contribution >= 4 is 23.2 Å². The van der Waals surface area contributed by atoms with Gasteiger partial charge < -0.3 is 5.32 Å². The highest BCUT2D eigenvalue weighted by molar-refractivity contribution is 6.35. The van der Waals surface area contributed by atoms with Crippen LogP contribution < -0.4 is 10.2 Å². The van der Waals surface area contributed by atoms with Crippen molar-refractivity contribution in [2.45, 2.75) is 0 Å². The van der Waals surface area contributed by atoms with Crippen LogP contribution in [0.1, 0.15) is 20.7 Å². The zero-order valence-corrected chi connectivity index (χ0v) is 10.7. The highest BCUT2D eigenvalue weighted by Gasteiger charge is 2.37. The molecular formula is C15H11FN2O2. The molecule has 100 valence electrons. The maximum atomic E-state index is 13.4. The Kier molecular flexibility index (Phi) is 2.75. The molecule has 1 N–H and O–H groups in total. The van der Waals surface area contributed by atoms with Gasteiger partial charge in [0.1, 0.15) is 5.82 Å². The number of hydrogen-bond acceptors (Lipinski definition) is 3. The first-order valence-corrected chi connectivity index (χ1v) is 6.08. The van der Waals surface area contributed by atoms with E-state index in [2.05, 4.69) is 5.32 Å². The van der Waals surface area contributed by atoms with Gasteiger partial charge in [-0.3, -0.25) is 9.59 Å². The lowest BCUT2D eigenvalue weighted by atomic mass is 10.1. The van der Waals surface area contributed by atoms with E-state index in [1.807, 2.05) is 0 Å². The van der Waals surface area contributed by atoms with Gasteiger partial charge in [0, 0.05) is 13.1 Å². The molecule has 1 heterocycles. The van der Waals surface area contributed by atoms with Gasteiger partial charge in [0.15, 0.2) is 0 Å². The number of rotatable bonds is 2. The normalized spacial score (nSPS) is 13.6. The molecule has 2 aromatic carbocycles. The van der Waals surface area contributed by atoms with Crippen molar-refractivity contribution in [2.24, 2.45) is 0 Å². The minimum atomic E-state index is -0.504. The monoisotopic (exact) mass is 270 g/mol. The number of nitrogens with zero attached hydrogens (tertiary/aromatic N) is 1. The van der Waals surface area contributed by atoms with E-state index >= 15 is 0 Å². The highest BCUT2D eigenvalue weighted by Crippen LogP contribution is 2.33. The van der Waals surface area contributed by atoms with E-state index in [1.54, 1.807) is 31.3 Å². The maximum Gasteiger partial charge on any atom is 0.266 e. The second-order valence-electron chi connectivity index (χ2n) is 4.40. The molecule has 0 fully saturated rings. The van der Waals surface area contributed by atoms with E-state index in [0.717, 1.165) is 4.90 Å². The summed E-state index contributed by atoms with van der Waals surface area (Å²) in [5.74, 6) is -1.38. The fourth-order valence-corrected chi connectivity index (χ4v) is 2.31. The first-order valence-electron chi connectivity index (χ1n) is 6.08. The molecule has 0 atom stereocenters. The molecule has 1 aliphatic rings. The third kappa shape index (κ3) is 1.67. The first kappa shape index (κ1) is 12.3. The van der Waals surface area contributed by atoms with Crippen LogP contribution in [0.3, 0.4) is 0 Å². The van der Waals surface area contributed by atoms with Crippen LogP contribution in [0.4, 0.5) is 15.8 Å². The van der Waals surface area contributed by atoms with Crippen molar-refractivity contribution in [1.82, 2.24) is 0 Å². The van der Waals surface area contributed by atoms with Crippen molar-refractivity contribution in [1.29, 1.82) is 0 Å². The Morgan fingerprint density at radius 2 is 1.60 bits per heavy atom. The van der Waals surface area contributed by atoms with Crippen LogP contribution in [0.15, 0.2) is 42.5 Å². The molecule has 2 aromatic rings. The molecule has 0 bridgehead atoms. The van der Waals surface area contributed by atoms with Crippen LogP contribution in [0.25, 0.3) is 0 Å². The Labute approximate surface area is 114 Å². The van der Waals surface area contributed by atoms with Gasteiger partial charge >= 0.3 is 0 Å². The molecule has 0 unspecified atom stereocenters. The molecule has 2 amide bonds. The molecular weight excluding hydrogens is 259 g/mol. The highest BCUT2D eigenvalue weighted by atomic mass is 19.1. The second kappa shape index (κ2) is 4.45. The summed E-state index contributed by atoms with van der Waals surface area (Å²) in [5.41, 5.74) is 1.41. The fraction of sp³-hybridized carbons (Fsp3) is 0.0667. The Morgan fingerprint density at radius 3 is 2.15 bits per heavy atom. The quantitative estimate of drug-likeness (QED) is 0.853. The Hall–Kier alpha value is -2.69. The number of amides is 2. The van der Waals surface area contributed by atoms with E-state index in [4.69, 9.17) is 0 Å². The summed E-state index contributed by atoms with van der Waals surface area (Å²) >= 11 is 0. The zero-order valence-electron chi connectivity index (χ0n) is 10.7.